The Morgan fingerprint density at radius 3 is 2.30 bits per heavy atom. The van der Waals surface area contributed by atoms with Gasteiger partial charge in [0.2, 0.25) is 0 Å². The summed E-state index contributed by atoms with van der Waals surface area (Å²) in [5.41, 5.74) is 0.470. The number of carboxylic acid groups (broad SMARTS) is 1. The third-order valence-corrected chi connectivity index (χ3v) is 4.12. The highest BCUT2D eigenvalue weighted by Gasteiger charge is 2.29. The molecular weight excluding hydrogens is 366 g/mol. The van der Waals surface area contributed by atoms with Crippen LogP contribution in [0.5, 0.6) is 11.5 Å². The van der Waals surface area contributed by atoms with Gasteiger partial charge in [-0.25, -0.2) is 4.79 Å². The van der Waals surface area contributed by atoms with E-state index < -0.39 is 17.5 Å². The summed E-state index contributed by atoms with van der Waals surface area (Å²) in [5, 5.41) is 33.6. The highest BCUT2D eigenvalue weighted by atomic mass is 79.9. The molecule has 2 aromatic carbocycles. The number of carbonyl (C=O) groups is 1. The molecule has 1 heterocycles. The molecule has 0 aliphatic rings. The molecule has 0 spiro atoms. The summed E-state index contributed by atoms with van der Waals surface area (Å²) in [6, 6.07) is 10.1. The number of phenolic OH excluding ortho intramolecular Hbond substituents is 2. The van der Waals surface area contributed by atoms with Gasteiger partial charge in [-0.05, 0) is 21.5 Å². The summed E-state index contributed by atoms with van der Waals surface area (Å²) in [4.78, 5) is 11.9. The molecule has 0 bridgehead atoms. The summed E-state index contributed by atoms with van der Waals surface area (Å²) < 4.78 is 5.06. The zero-order valence-electron chi connectivity index (χ0n) is 11.5. The SMILES string of the molecule is O=C(O)c1c(-c2ccno2)c(O)c(O)c(Br)c1-c1ccccc1. The molecule has 0 atom stereocenters. The number of hydrogen-bond acceptors (Lipinski definition) is 5. The fourth-order valence-electron chi connectivity index (χ4n) is 2.37. The average Bonchev–Trinajstić information content (AvgIpc) is 3.07. The fourth-order valence-corrected chi connectivity index (χ4v) is 2.98. The number of aromatic nitrogens is 1. The lowest BCUT2D eigenvalue weighted by Crippen LogP contribution is -2.04. The Balaban J connectivity index is 2.47. The Morgan fingerprint density at radius 1 is 1.04 bits per heavy atom. The lowest BCUT2D eigenvalue weighted by Gasteiger charge is -2.16. The highest BCUT2D eigenvalue weighted by Crippen LogP contribution is 2.50. The Hall–Kier alpha value is -2.80. The zero-order chi connectivity index (χ0) is 16.6. The van der Waals surface area contributed by atoms with Crippen molar-refractivity contribution in [3.8, 4) is 33.9 Å². The molecule has 23 heavy (non-hydrogen) atoms. The molecule has 6 nitrogen and oxygen atoms in total. The molecule has 0 amide bonds. The van der Waals surface area contributed by atoms with Crippen LogP contribution < -0.4 is 0 Å². The first-order chi connectivity index (χ1) is 11.0. The van der Waals surface area contributed by atoms with Gasteiger partial charge in [-0.3, -0.25) is 0 Å². The monoisotopic (exact) mass is 375 g/mol. The maximum absolute atomic E-state index is 11.9. The minimum Gasteiger partial charge on any atom is -0.504 e. The first kappa shape index (κ1) is 15.1. The minimum atomic E-state index is -1.27. The first-order valence-corrected chi connectivity index (χ1v) is 7.28. The molecule has 7 heteroatoms. The maximum atomic E-state index is 11.9. The van der Waals surface area contributed by atoms with Crippen LogP contribution in [0, 0.1) is 0 Å². The Bertz CT molecular complexity index is 875. The second-order valence-electron chi connectivity index (χ2n) is 4.68. The van der Waals surface area contributed by atoms with Gasteiger partial charge in [-0.15, -0.1) is 0 Å². The lowest BCUT2D eigenvalue weighted by atomic mass is 9.93. The lowest BCUT2D eigenvalue weighted by molar-refractivity contribution is 0.0697. The molecule has 0 unspecified atom stereocenters. The molecule has 0 fully saturated rings. The Kier molecular flexibility index (Phi) is 3.79. The summed E-state index contributed by atoms with van der Waals surface area (Å²) >= 11 is 3.16. The van der Waals surface area contributed by atoms with Crippen LogP contribution in [0.15, 0.2) is 51.6 Å². The van der Waals surface area contributed by atoms with Gasteiger partial charge >= 0.3 is 5.97 Å². The molecule has 0 saturated carbocycles. The number of halogens is 1. The molecule has 0 aliphatic carbocycles. The smallest absolute Gasteiger partial charge is 0.337 e. The number of nitrogens with zero attached hydrogens (tertiary/aromatic N) is 1. The number of rotatable bonds is 3. The molecule has 3 rings (SSSR count). The van der Waals surface area contributed by atoms with E-state index in [4.69, 9.17) is 4.52 Å². The Morgan fingerprint density at radius 2 is 1.74 bits per heavy atom. The van der Waals surface area contributed by atoms with Crippen molar-refractivity contribution in [2.24, 2.45) is 0 Å². The minimum absolute atomic E-state index is 0.0416. The van der Waals surface area contributed by atoms with Crippen LogP contribution in [0.25, 0.3) is 22.5 Å². The van der Waals surface area contributed by atoms with Gasteiger partial charge < -0.3 is 19.8 Å². The van der Waals surface area contributed by atoms with E-state index in [2.05, 4.69) is 21.1 Å². The molecule has 116 valence electrons. The summed E-state index contributed by atoms with van der Waals surface area (Å²) in [6.07, 6.45) is 1.32. The third kappa shape index (κ3) is 2.44. The number of benzene rings is 2. The molecule has 3 aromatic rings. The van der Waals surface area contributed by atoms with Crippen molar-refractivity contribution in [2.75, 3.05) is 0 Å². The van der Waals surface area contributed by atoms with Crippen molar-refractivity contribution in [2.45, 2.75) is 0 Å². The molecule has 1 aromatic heterocycles. The van der Waals surface area contributed by atoms with Gasteiger partial charge in [-0.2, -0.15) is 0 Å². The van der Waals surface area contributed by atoms with Gasteiger partial charge in [0.1, 0.15) is 0 Å². The normalized spacial score (nSPS) is 10.7. The van der Waals surface area contributed by atoms with Gasteiger partial charge in [0, 0.05) is 11.6 Å². The number of carboxylic acids is 1. The van der Waals surface area contributed by atoms with Crippen molar-refractivity contribution in [3.05, 3.63) is 52.6 Å². The van der Waals surface area contributed by atoms with Gasteiger partial charge in [0.15, 0.2) is 17.3 Å². The fraction of sp³-hybridized carbons (Fsp3) is 0. The summed E-state index contributed by atoms with van der Waals surface area (Å²) in [6.45, 7) is 0. The van der Waals surface area contributed by atoms with Crippen LogP contribution in [0.1, 0.15) is 10.4 Å². The largest absolute Gasteiger partial charge is 0.504 e. The van der Waals surface area contributed by atoms with Crippen molar-refractivity contribution in [1.82, 2.24) is 5.16 Å². The second-order valence-corrected chi connectivity index (χ2v) is 5.48. The predicted molar refractivity (Wildman–Crippen MR) is 85.4 cm³/mol. The summed E-state index contributed by atoms with van der Waals surface area (Å²) in [5.74, 6) is -2.29. The van der Waals surface area contributed by atoms with E-state index in [-0.39, 0.29) is 26.9 Å². The predicted octanol–water partition coefficient (Wildman–Crippen LogP) is 3.88. The number of phenols is 2. The van der Waals surface area contributed by atoms with E-state index >= 15 is 0 Å². The first-order valence-electron chi connectivity index (χ1n) is 6.49. The highest BCUT2D eigenvalue weighted by molar-refractivity contribution is 9.10. The molecular formula is C16H10BrNO5. The van der Waals surface area contributed by atoms with E-state index in [1.54, 1.807) is 30.3 Å². The number of hydrogen-bond donors (Lipinski definition) is 3. The van der Waals surface area contributed by atoms with Crippen LogP contribution in [-0.4, -0.2) is 26.4 Å². The van der Waals surface area contributed by atoms with Gasteiger partial charge in [0.25, 0.3) is 0 Å². The van der Waals surface area contributed by atoms with Crippen molar-refractivity contribution in [1.29, 1.82) is 0 Å². The van der Waals surface area contributed by atoms with Crippen LogP contribution in [0.3, 0.4) is 0 Å². The number of aromatic hydroxyl groups is 2. The number of aromatic carboxylic acids is 1. The van der Waals surface area contributed by atoms with E-state index in [0.29, 0.717) is 5.56 Å². The maximum Gasteiger partial charge on any atom is 0.337 e. The van der Waals surface area contributed by atoms with Crippen molar-refractivity contribution >= 4 is 21.9 Å². The van der Waals surface area contributed by atoms with Gasteiger partial charge in [-0.1, -0.05) is 35.5 Å². The molecule has 3 N–H and O–H groups in total. The van der Waals surface area contributed by atoms with Crippen molar-refractivity contribution < 1.29 is 24.6 Å². The molecule has 0 aliphatic heterocycles. The van der Waals surface area contributed by atoms with Crippen LogP contribution in [0.2, 0.25) is 0 Å². The molecule has 0 radical (unpaired) electrons. The quantitative estimate of drug-likeness (QED) is 0.600. The zero-order valence-corrected chi connectivity index (χ0v) is 13.1. The second kappa shape index (κ2) is 5.77. The Labute approximate surface area is 138 Å². The van der Waals surface area contributed by atoms with Crippen LogP contribution >= 0.6 is 15.9 Å². The standard InChI is InChI=1S/C16H10BrNO5/c17-13-10(8-4-2-1-3-5-8)12(16(21)22)11(14(19)15(13)20)9-6-7-18-23-9/h1-7,19-20H,(H,21,22). The van der Waals surface area contributed by atoms with E-state index in [1.807, 2.05) is 0 Å². The third-order valence-electron chi connectivity index (χ3n) is 3.35. The van der Waals surface area contributed by atoms with Crippen LogP contribution in [-0.2, 0) is 0 Å². The average molecular weight is 376 g/mol. The van der Waals surface area contributed by atoms with Crippen molar-refractivity contribution in [3.63, 3.8) is 0 Å². The van der Waals surface area contributed by atoms with E-state index in [0.717, 1.165) is 0 Å². The summed E-state index contributed by atoms with van der Waals surface area (Å²) in [7, 11) is 0. The topological polar surface area (TPSA) is 104 Å². The van der Waals surface area contributed by atoms with E-state index in [1.165, 1.54) is 12.3 Å². The van der Waals surface area contributed by atoms with Gasteiger partial charge in [0.05, 0.1) is 21.8 Å². The van der Waals surface area contributed by atoms with Crippen LogP contribution in [0.4, 0.5) is 0 Å². The molecule has 0 saturated heterocycles. The van der Waals surface area contributed by atoms with E-state index in [9.17, 15) is 20.1 Å².